The molecule has 0 aliphatic carbocycles. The van der Waals surface area contributed by atoms with E-state index in [0.717, 1.165) is 22.7 Å². The summed E-state index contributed by atoms with van der Waals surface area (Å²) >= 11 is 6.29. The predicted octanol–water partition coefficient (Wildman–Crippen LogP) is 4.90. The Labute approximate surface area is 195 Å². The van der Waals surface area contributed by atoms with Gasteiger partial charge in [0.25, 0.3) is 10.0 Å². The van der Waals surface area contributed by atoms with Gasteiger partial charge in [-0.15, -0.1) is 0 Å². The van der Waals surface area contributed by atoms with Crippen molar-refractivity contribution in [1.29, 1.82) is 0 Å². The Bertz CT molecular complexity index is 1160. The molecule has 0 aromatic heterocycles. The fraction of sp³-hybridized carbons (Fsp3) is 0.240. The van der Waals surface area contributed by atoms with Crippen molar-refractivity contribution in [2.24, 2.45) is 0 Å². The second-order valence-corrected chi connectivity index (χ2v) is 9.98. The van der Waals surface area contributed by atoms with E-state index in [1.54, 1.807) is 36.4 Å². The number of sulfonamides is 1. The molecule has 3 aromatic rings. The summed E-state index contributed by atoms with van der Waals surface area (Å²) in [6, 6.07) is 21.4. The van der Waals surface area contributed by atoms with Crippen molar-refractivity contribution in [1.82, 2.24) is 5.32 Å². The highest BCUT2D eigenvalue weighted by Crippen LogP contribution is 2.30. The van der Waals surface area contributed by atoms with Crippen molar-refractivity contribution < 1.29 is 13.2 Å². The number of amides is 1. The van der Waals surface area contributed by atoms with Gasteiger partial charge in [0.2, 0.25) is 5.91 Å². The van der Waals surface area contributed by atoms with Crippen LogP contribution in [-0.4, -0.2) is 27.4 Å². The Morgan fingerprint density at radius 1 is 0.906 bits per heavy atom. The molecule has 1 N–H and O–H groups in total. The third kappa shape index (κ3) is 6.11. The van der Waals surface area contributed by atoms with Gasteiger partial charge in [0.15, 0.2) is 0 Å². The zero-order valence-corrected chi connectivity index (χ0v) is 19.8. The maximum Gasteiger partial charge on any atom is 0.264 e. The van der Waals surface area contributed by atoms with Crippen LogP contribution in [0.25, 0.3) is 0 Å². The van der Waals surface area contributed by atoms with E-state index in [1.807, 2.05) is 13.8 Å². The first-order valence-corrected chi connectivity index (χ1v) is 12.3. The molecule has 0 atom stereocenters. The number of halogens is 1. The molecular weight excluding hydrogens is 444 g/mol. The highest BCUT2D eigenvalue weighted by molar-refractivity contribution is 7.92. The lowest BCUT2D eigenvalue weighted by Crippen LogP contribution is -2.41. The van der Waals surface area contributed by atoms with Crippen LogP contribution >= 0.6 is 11.6 Å². The third-order valence-corrected chi connectivity index (χ3v) is 7.20. The van der Waals surface area contributed by atoms with Crippen LogP contribution < -0.4 is 9.62 Å². The van der Waals surface area contributed by atoms with E-state index in [0.29, 0.717) is 6.54 Å². The first kappa shape index (κ1) is 23.8. The lowest BCUT2D eigenvalue weighted by atomic mass is 10.1. The number of benzene rings is 3. The summed E-state index contributed by atoms with van der Waals surface area (Å²) in [6.07, 6.45) is 1.59. The Morgan fingerprint density at radius 3 is 2.12 bits per heavy atom. The number of nitrogens with zero attached hydrogens (tertiary/aromatic N) is 1. The zero-order chi connectivity index (χ0) is 23.1. The second kappa shape index (κ2) is 10.7. The lowest BCUT2D eigenvalue weighted by molar-refractivity contribution is -0.119. The Hall–Kier alpha value is -2.83. The van der Waals surface area contributed by atoms with Gasteiger partial charge < -0.3 is 5.32 Å². The van der Waals surface area contributed by atoms with Crippen molar-refractivity contribution in [3.63, 3.8) is 0 Å². The van der Waals surface area contributed by atoms with Gasteiger partial charge in [-0.2, -0.15) is 0 Å². The SMILES string of the molecule is Cc1ccc(CCCNC(=O)CN(c2ccccc2Cl)S(=O)(=O)c2ccc(C)cc2)cc1. The molecule has 0 bridgehead atoms. The van der Waals surface area contributed by atoms with Crippen molar-refractivity contribution in [3.05, 3.63) is 94.5 Å². The molecule has 32 heavy (non-hydrogen) atoms. The summed E-state index contributed by atoms with van der Waals surface area (Å²) in [5.41, 5.74) is 3.62. The number of rotatable bonds is 9. The number of nitrogens with one attached hydrogen (secondary N) is 1. The van der Waals surface area contributed by atoms with Crippen LogP contribution in [0.4, 0.5) is 5.69 Å². The molecule has 0 spiro atoms. The van der Waals surface area contributed by atoms with E-state index >= 15 is 0 Å². The third-order valence-electron chi connectivity index (χ3n) is 5.10. The largest absolute Gasteiger partial charge is 0.355 e. The molecule has 3 rings (SSSR count). The van der Waals surface area contributed by atoms with E-state index in [9.17, 15) is 13.2 Å². The van der Waals surface area contributed by atoms with Crippen LogP contribution in [0.3, 0.4) is 0 Å². The van der Waals surface area contributed by atoms with Gasteiger partial charge >= 0.3 is 0 Å². The lowest BCUT2D eigenvalue weighted by Gasteiger charge is -2.25. The van der Waals surface area contributed by atoms with Crippen LogP contribution in [-0.2, 0) is 21.2 Å². The van der Waals surface area contributed by atoms with Gasteiger partial charge in [-0.1, -0.05) is 71.3 Å². The van der Waals surface area contributed by atoms with Crippen LogP contribution in [0.15, 0.2) is 77.7 Å². The Morgan fingerprint density at radius 2 is 1.50 bits per heavy atom. The molecule has 3 aromatic carbocycles. The number of anilines is 1. The predicted molar refractivity (Wildman–Crippen MR) is 130 cm³/mol. The standard InChI is InChI=1S/C25H27ClN2O3S/c1-19-9-13-21(14-10-19)6-5-17-27-25(29)18-28(24-8-4-3-7-23(24)26)32(30,31)22-15-11-20(2)12-16-22/h3-4,7-16H,5-6,17-18H2,1-2H3,(H,27,29). The van der Waals surface area contributed by atoms with E-state index in [-0.39, 0.29) is 28.1 Å². The van der Waals surface area contributed by atoms with Crippen molar-refractivity contribution in [2.75, 3.05) is 17.4 Å². The van der Waals surface area contributed by atoms with Gasteiger partial charge in [-0.3, -0.25) is 9.10 Å². The summed E-state index contributed by atoms with van der Waals surface area (Å²) in [6.45, 7) is 4.02. The van der Waals surface area contributed by atoms with Gasteiger partial charge in [0, 0.05) is 6.54 Å². The normalized spacial score (nSPS) is 11.2. The first-order valence-electron chi connectivity index (χ1n) is 10.4. The number of aryl methyl sites for hydroxylation is 3. The summed E-state index contributed by atoms with van der Waals surface area (Å²) in [5, 5.41) is 3.09. The van der Waals surface area contributed by atoms with E-state index < -0.39 is 10.0 Å². The van der Waals surface area contributed by atoms with E-state index in [4.69, 9.17) is 11.6 Å². The molecule has 7 heteroatoms. The fourth-order valence-corrected chi connectivity index (χ4v) is 4.98. The number of para-hydroxylation sites is 1. The maximum atomic E-state index is 13.4. The highest BCUT2D eigenvalue weighted by atomic mass is 35.5. The second-order valence-electron chi connectivity index (χ2n) is 7.72. The van der Waals surface area contributed by atoms with Crippen LogP contribution in [0.2, 0.25) is 5.02 Å². The maximum absolute atomic E-state index is 13.4. The minimum absolute atomic E-state index is 0.107. The molecular formula is C25H27ClN2O3S. The summed E-state index contributed by atoms with van der Waals surface area (Å²) in [5.74, 6) is -0.385. The molecule has 0 aliphatic heterocycles. The molecule has 1 amide bonds. The van der Waals surface area contributed by atoms with Gasteiger partial charge in [0.05, 0.1) is 15.6 Å². The number of carbonyl (C=O) groups excluding carboxylic acids is 1. The average Bonchev–Trinajstić information content (AvgIpc) is 2.77. The first-order chi connectivity index (χ1) is 15.3. The highest BCUT2D eigenvalue weighted by Gasteiger charge is 2.28. The smallest absolute Gasteiger partial charge is 0.264 e. The van der Waals surface area contributed by atoms with E-state index in [1.165, 1.54) is 23.3 Å². The molecule has 0 heterocycles. The van der Waals surface area contributed by atoms with Crippen LogP contribution in [0.5, 0.6) is 0 Å². The van der Waals surface area contributed by atoms with Gasteiger partial charge in [-0.25, -0.2) is 8.42 Å². The van der Waals surface area contributed by atoms with E-state index in [2.05, 4.69) is 29.6 Å². The molecule has 5 nitrogen and oxygen atoms in total. The minimum atomic E-state index is -3.98. The molecule has 0 aliphatic rings. The van der Waals surface area contributed by atoms with Gasteiger partial charge in [0.1, 0.15) is 6.54 Å². The quantitative estimate of drug-likeness (QED) is 0.452. The zero-order valence-electron chi connectivity index (χ0n) is 18.2. The fourth-order valence-electron chi connectivity index (χ4n) is 3.25. The summed E-state index contributed by atoms with van der Waals surface area (Å²) < 4.78 is 27.8. The molecule has 168 valence electrons. The minimum Gasteiger partial charge on any atom is -0.355 e. The van der Waals surface area contributed by atoms with Gasteiger partial charge in [-0.05, 0) is 56.5 Å². The Kier molecular flexibility index (Phi) is 7.94. The van der Waals surface area contributed by atoms with Crippen molar-refractivity contribution >= 4 is 33.2 Å². The number of carbonyl (C=O) groups is 1. The monoisotopic (exact) mass is 470 g/mol. The molecule has 0 unspecified atom stereocenters. The molecule has 0 radical (unpaired) electrons. The van der Waals surface area contributed by atoms with Crippen LogP contribution in [0, 0.1) is 13.8 Å². The topological polar surface area (TPSA) is 66.5 Å². The van der Waals surface area contributed by atoms with Crippen molar-refractivity contribution in [3.8, 4) is 0 Å². The molecule has 0 saturated carbocycles. The summed E-state index contributed by atoms with van der Waals surface area (Å²) in [7, 11) is -3.98. The average molecular weight is 471 g/mol. The Balaban J connectivity index is 1.71. The summed E-state index contributed by atoms with van der Waals surface area (Å²) in [4.78, 5) is 12.8. The molecule has 0 fully saturated rings. The number of hydrogen-bond acceptors (Lipinski definition) is 3. The molecule has 0 saturated heterocycles. The van der Waals surface area contributed by atoms with Crippen LogP contribution in [0.1, 0.15) is 23.1 Å². The number of hydrogen-bond donors (Lipinski definition) is 1. The van der Waals surface area contributed by atoms with Crippen molar-refractivity contribution in [2.45, 2.75) is 31.6 Å².